The first-order chi connectivity index (χ1) is 22.4. The van der Waals surface area contributed by atoms with Crippen LogP contribution in [-0.2, 0) is 5.75 Å². The van der Waals surface area contributed by atoms with Crippen molar-refractivity contribution in [1.29, 1.82) is 0 Å². The number of fused-ring (bicyclic) bond motifs is 2. The van der Waals surface area contributed by atoms with Crippen molar-refractivity contribution in [3.05, 3.63) is 38.5 Å². The van der Waals surface area contributed by atoms with Crippen LogP contribution in [0.25, 0.3) is 20.7 Å². The molecule has 0 radical (unpaired) electrons. The largest absolute Gasteiger partial charge is 0.394 e. The Bertz CT molecular complexity index is 1920. The van der Waals surface area contributed by atoms with Gasteiger partial charge in [0.05, 0.1) is 29.5 Å². The summed E-state index contributed by atoms with van der Waals surface area (Å²) in [6.45, 7) is 9.81. The Kier molecular flexibility index (Phi) is 11.7. The number of aliphatic hydroxyl groups excluding tert-OH is 2. The molecule has 0 aliphatic heterocycles. The molecule has 0 amide bonds. The number of thioether (sulfide) groups is 2. The van der Waals surface area contributed by atoms with Crippen LogP contribution in [-0.4, -0.2) is 69.9 Å². The lowest BCUT2D eigenvalue weighted by atomic mass is 10.1. The second-order valence-electron chi connectivity index (χ2n) is 10.9. The van der Waals surface area contributed by atoms with Gasteiger partial charge in [0, 0.05) is 27.3 Å². The molecule has 250 valence electrons. The fourth-order valence-electron chi connectivity index (χ4n) is 3.93. The SMILES string of the molecule is CC(Sc1nc(NC(C)(C)CO)c2sc(N)nc2n1)c1cccs1.Cc1nc(CSc2nc(N[C@H](C)CO)c3sc(N)nc3n2)cs1. The predicted molar refractivity (Wildman–Crippen MR) is 199 cm³/mol. The highest BCUT2D eigenvalue weighted by Gasteiger charge is 2.22. The first-order valence-corrected chi connectivity index (χ1v) is 19.6. The van der Waals surface area contributed by atoms with Crippen molar-refractivity contribution in [2.75, 3.05) is 35.3 Å². The molecule has 6 aromatic heterocycles. The van der Waals surface area contributed by atoms with Gasteiger partial charge in [-0.3, -0.25) is 0 Å². The first kappa shape index (κ1) is 35.4. The Morgan fingerprint density at radius 3 is 2.15 bits per heavy atom. The van der Waals surface area contributed by atoms with Gasteiger partial charge in [-0.1, -0.05) is 52.3 Å². The number of aliphatic hydroxyl groups is 2. The number of nitrogens with two attached hydrogens (primary N) is 2. The lowest BCUT2D eigenvalue weighted by molar-refractivity contribution is 0.234. The number of nitrogens with zero attached hydrogens (tertiary/aromatic N) is 7. The number of nitrogen functional groups attached to an aromatic ring is 2. The van der Waals surface area contributed by atoms with Crippen molar-refractivity contribution in [3.63, 3.8) is 0 Å². The highest BCUT2D eigenvalue weighted by molar-refractivity contribution is 7.99. The van der Waals surface area contributed by atoms with Gasteiger partial charge in [0.1, 0.15) is 9.40 Å². The molecule has 0 saturated carbocycles. The van der Waals surface area contributed by atoms with Crippen molar-refractivity contribution in [2.45, 2.75) is 67.5 Å². The first-order valence-electron chi connectivity index (χ1n) is 14.3. The number of hydrogen-bond acceptors (Lipinski definition) is 19. The van der Waals surface area contributed by atoms with E-state index < -0.39 is 5.54 Å². The molecule has 0 bridgehead atoms. The molecule has 0 fully saturated rings. The maximum absolute atomic E-state index is 9.53. The minimum Gasteiger partial charge on any atom is -0.394 e. The fourth-order valence-corrected chi connectivity index (χ4v) is 8.59. The van der Waals surface area contributed by atoms with E-state index in [0.29, 0.717) is 49.3 Å². The zero-order valence-electron chi connectivity index (χ0n) is 26.2. The monoisotopic (exact) mass is 749 g/mol. The molecule has 0 spiro atoms. The van der Waals surface area contributed by atoms with E-state index in [1.54, 1.807) is 34.4 Å². The number of hydrogen-bond donors (Lipinski definition) is 6. The normalized spacial score (nSPS) is 13.0. The number of rotatable bonds is 12. The maximum atomic E-state index is 9.53. The minimum atomic E-state index is -0.499. The molecule has 6 heterocycles. The molecule has 2 atom stereocenters. The van der Waals surface area contributed by atoms with Crippen molar-refractivity contribution in [3.8, 4) is 0 Å². The van der Waals surface area contributed by atoms with Crippen molar-refractivity contribution < 1.29 is 10.2 Å². The van der Waals surface area contributed by atoms with Gasteiger partial charge in [0.15, 0.2) is 43.5 Å². The summed E-state index contributed by atoms with van der Waals surface area (Å²) < 4.78 is 1.61. The third-order valence-corrected chi connectivity index (χ3v) is 11.9. The molecule has 6 rings (SSSR count). The maximum Gasteiger partial charge on any atom is 0.192 e. The van der Waals surface area contributed by atoms with Crippen LogP contribution in [0.15, 0.2) is 33.2 Å². The van der Waals surface area contributed by atoms with Crippen LogP contribution in [0.1, 0.15) is 48.5 Å². The zero-order valence-corrected chi connectivity index (χ0v) is 31.1. The van der Waals surface area contributed by atoms with Crippen LogP contribution in [0.2, 0.25) is 0 Å². The van der Waals surface area contributed by atoms with E-state index in [1.807, 2.05) is 39.1 Å². The molecule has 0 saturated heterocycles. The van der Waals surface area contributed by atoms with Crippen LogP contribution in [0.5, 0.6) is 0 Å². The Labute approximate surface area is 296 Å². The summed E-state index contributed by atoms with van der Waals surface area (Å²) in [5, 5.41) is 32.8. The van der Waals surface area contributed by atoms with E-state index in [4.69, 9.17) is 11.5 Å². The lowest BCUT2D eigenvalue weighted by Crippen LogP contribution is -2.35. The van der Waals surface area contributed by atoms with Gasteiger partial charge in [-0.25, -0.2) is 34.9 Å². The summed E-state index contributed by atoms with van der Waals surface area (Å²) in [7, 11) is 0. The predicted octanol–water partition coefficient (Wildman–Crippen LogP) is 6.28. The Balaban J connectivity index is 0.000000185. The van der Waals surface area contributed by atoms with Gasteiger partial charge in [-0.15, -0.1) is 22.7 Å². The smallest absolute Gasteiger partial charge is 0.192 e. The van der Waals surface area contributed by atoms with Crippen molar-refractivity contribution in [2.24, 2.45) is 0 Å². The van der Waals surface area contributed by atoms with Crippen LogP contribution < -0.4 is 22.1 Å². The summed E-state index contributed by atoms with van der Waals surface area (Å²) in [5.74, 6) is 2.02. The van der Waals surface area contributed by atoms with Gasteiger partial charge < -0.3 is 32.3 Å². The second-order valence-corrected chi connectivity index (χ2v) is 17.3. The summed E-state index contributed by atoms with van der Waals surface area (Å²) in [6.07, 6.45) is 0. The van der Waals surface area contributed by atoms with E-state index in [2.05, 4.69) is 63.9 Å². The van der Waals surface area contributed by atoms with Gasteiger partial charge in [0.25, 0.3) is 0 Å². The molecular formula is C28H35N11O2S6. The van der Waals surface area contributed by atoms with E-state index in [0.717, 1.165) is 20.1 Å². The van der Waals surface area contributed by atoms with Crippen molar-refractivity contribution >= 4 is 111 Å². The molecular weight excluding hydrogens is 715 g/mol. The topological polar surface area (TPSA) is 207 Å². The molecule has 6 aromatic rings. The summed E-state index contributed by atoms with van der Waals surface area (Å²) in [6, 6.07) is 4.03. The molecule has 0 aliphatic rings. The van der Waals surface area contributed by atoms with Gasteiger partial charge >= 0.3 is 0 Å². The van der Waals surface area contributed by atoms with Crippen LogP contribution in [0.4, 0.5) is 21.9 Å². The molecule has 13 nitrogen and oxygen atoms in total. The molecule has 47 heavy (non-hydrogen) atoms. The highest BCUT2D eigenvalue weighted by Crippen LogP contribution is 2.38. The highest BCUT2D eigenvalue weighted by atomic mass is 32.2. The summed E-state index contributed by atoms with van der Waals surface area (Å²) in [5.41, 5.74) is 13.3. The fraction of sp³-hybridized carbons (Fsp3) is 0.393. The molecule has 0 aliphatic carbocycles. The van der Waals surface area contributed by atoms with Crippen LogP contribution in [0, 0.1) is 6.92 Å². The Morgan fingerprint density at radius 2 is 1.55 bits per heavy atom. The molecule has 0 aromatic carbocycles. The number of thiophene rings is 1. The summed E-state index contributed by atoms with van der Waals surface area (Å²) in [4.78, 5) is 32.4. The molecule has 19 heteroatoms. The third-order valence-electron chi connectivity index (χ3n) is 6.25. The van der Waals surface area contributed by atoms with Crippen LogP contribution >= 0.6 is 68.9 Å². The standard InChI is InChI=1S/C15H19N5OS3.C13H16N6OS3/c1-8(9-5-4-6-22-9)23-14-18-11-10(24-13(16)17-11)12(19-14)20-15(2,3)7-21;1-6(3-20)15-10-9-11(17-12(14)23-9)19-13(18-10)22-5-8-4-21-7(2)16-8/h4-6,8,21H,7H2,1-3H3,(H3,16,17,18,19,20);4,6,20H,3,5H2,1-2H3,(H3,14,15,17,18,19)/t;6-/m.1/s1. The van der Waals surface area contributed by atoms with E-state index in [-0.39, 0.29) is 24.5 Å². The van der Waals surface area contributed by atoms with E-state index in [9.17, 15) is 10.2 Å². The third kappa shape index (κ3) is 9.38. The van der Waals surface area contributed by atoms with E-state index >= 15 is 0 Å². The van der Waals surface area contributed by atoms with Crippen molar-refractivity contribution in [1.82, 2.24) is 34.9 Å². The molecule has 8 N–H and O–H groups in total. The zero-order chi connectivity index (χ0) is 33.7. The minimum absolute atomic E-state index is 0.0130. The van der Waals surface area contributed by atoms with Crippen LogP contribution in [0.3, 0.4) is 0 Å². The summed E-state index contributed by atoms with van der Waals surface area (Å²) >= 11 is 9.11. The van der Waals surface area contributed by atoms with Gasteiger partial charge in [-0.2, -0.15) is 0 Å². The Hall–Kier alpha value is -2.91. The number of aromatic nitrogens is 7. The van der Waals surface area contributed by atoms with Gasteiger partial charge in [0.2, 0.25) is 0 Å². The number of aryl methyl sites for hydroxylation is 1. The second kappa shape index (κ2) is 15.5. The van der Waals surface area contributed by atoms with Gasteiger partial charge in [-0.05, 0) is 46.1 Å². The number of anilines is 4. The average Bonchev–Trinajstić information content (AvgIpc) is 3.83. The van der Waals surface area contributed by atoms with E-state index in [1.165, 1.54) is 39.3 Å². The Morgan fingerprint density at radius 1 is 0.894 bits per heavy atom. The molecule has 1 unspecified atom stereocenters. The quantitative estimate of drug-likeness (QED) is 0.0601. The number of nitrogens with one attached hydrogen (secondary N) is 2. The number of thiazole rings is 3. The average molecular weight is 750 g/mol. The lowest BCUT2D eigenvalue weighted by Gasteiger charge is -2.24.